The Labute approximate surface area is 215 Å². The summed E-state index contributed by atoms with van der Waals surface area (Å²) in [5.74, 6) is 0. The molecule has 0 amide bonds. The van der Waals surface area contributed by atoms with Crippen molar-refractivity contribution in [3.63, 3.8) is 0 Å². The molecule has 5 nitrogen and oxygen atoms in total. The van der Waals surface area contributed by atoms with Gasteiger partial charge in [-0.1, -0.05) is 78.9 Å². The van der Waals surface area contributed by atoms with Crippen molar-refractivity contribution in [2.24, 2.45) is 0 Å². The predicted octanol–water partition coefficient (Wildman–Crippen LogP) is 7.46. The zero-order valence-electron chi connectivity index (χ0n) is 19.7. The van der Waals surface area contributed by atoms with E-state index in [0.29, 0.717) is 11.1 Å². The van der Waals surface area contributed by atoms with Gasteiger partial charge in [0, 0.05) is 28.2 Å². The summed E-state index contributed by atoms with van der Waals surface area (Å²) < 4.78 is 0. The SMILES string of the molecule is N#CC(C#N)=C(C(=C(C#N)C#N)c1ccc(N(c2ccccc2)c2ccccc2)cc1)c1ccccc1. The molecule has 0 saturated carbocycles. The molecule has 4 rings (SSSR count). The van der Waals surface area contributed by atoms with Crippen molar-refractivity contribution in [3.8, 4) is 24.3 Å². The molecule has 0 N–H and O–H groups in total. The first-order valence-electron chi connectivity index (χ1n) is 11.4. The highest BCUT2D eigenvalue weighted by Crippen LogP contribution is 2.39. The molecule has 0 spiro atoms. The molecule has 0 aliphatic heterocycles. The van der Waals surface area contributed by atoms with Crippen molar-refractivity contribution in [3.05, 3.63) is 138 Å². The lowest BCUT2D eigenvalue weighted by Crippen LogP contribution is -2.09. The summed E-state index contributed by atoms with van der Waals surface area (Å²) in [6, 6.07) is 43.8. The van der Waals surface area contributed by atoms with Crippen LogP contribution in [0.3, 0.4) is 0 Å². The van der Waals surface area contributed by atoms with Crippen LogP contribution < -0.4 is 4.90 Å². The van der Waals surface area contributed by atoms with Crippen molar-refractivity contribution in [1.82, 2.24) is 0 Å². The second-order valence-corrected chi connectivity index (χ2v) is 7.87. The third-order valence-corrected chi connectivity index (χ3v) is 5.70. The minimum absolute atomic E-state index is 0.177. The van der Waals surface area contributed by atoms with Gasteiger partial charge in [-0.2, -0.15) is 21.0 Å². The van der Waals surface area contributed by atoms with E-state index in [1.165, 1.54) is 0 Å². The predicted molar refractivity (Wildman–Crippen MR) is 144 cm³/mol. The minimum atomic E-state index is -0.183. The monoisotopic (exact) mass is 473 g/mol. The van der Waals surface area contributed by atoms with Gasteiger partial charge in [0.25, 0.3) is 0 Å². The van der Waals surface area contributed by atoms with Crippen LogP contribution in [0, 0.1) is 45.3 Å². The van der Waals surface area contributed by atoms with Crippen LogP contribution in [0.4, 0.5) is 17.1 Å². The van der Waals surface area contributed by atoms with Crippen LogP contribution in [0.2, 0.25) is 0 Å². The highest BCUT2D eigenvalue weighted by atomic mass is 15.1. The molecule has 0 radical (unpaired) electrons. The van der Waals surface area contributed by atoms with Gasteiger partial charge in [0.15, 0.2) is 0 Å². The summed E-state index contributed by atoms with van der Waals surface area (Å²) in [7, 11) is 0. The summed E-state index contributed by atoms with van der Waals surface area (Å²) in [6.07, 6.45) is 0. The Morgan fingerprint density at radius 2 is 0.730 bits per heavy atom. The molecule has 5 heteroatoms. The average molecular weight is 474 g/mol. The number of allylic oxidation sites excluding steroid dienone is 4. The van der Waals surface area contributed by atoms with Crippen LogP contribution in [0.1, 0.15) is 11.1 Å². The van der Waals surface area contributed by atoms with Gasteiger partial charge >= 0.3 is 0 Å². The molecular weight excluding hydrogens is 454 g/mol. The van der Waals surface area contributed by atoms with Crippen LogP contribution in [-0.2, 0) is 0 Å². The van der Waals surface area contributed by atoms with Crippen LogP contribution in [0.25, 0.3) is 11.1 Å². The molecule has 0 aromatic heterocycles. The Bertz CT molecular complexity index is 1550. The van der Waals surface area contributed by atoms with E-state index in [9.17, 15) is 21.0 Å². The lowest BCUT2D eigenvalue weighted by atomic mass is 9.86. The highest BCUT2D eigenvalue weighted by molar-refractivity contribution is 6.11. The van der Waals surface area contributed by atoms with Gasteiger partial charge < -0.3 is 4.90 Å². The van der Waals surface area contributed by atoms with E-state index in [2.05, 4.69) is 4.90 Å². The normalized spacial score (nSPS) is 9.51. The molecule has 0 unspecified atom stereocenters. The van der Waals surface area contributed by atoms with Crippen molar-refractivity contribution < 1.29 is 0 Å². The molecule has 4 aromatic carbocycles. The maximum absolute atomic E-state index is 9.79. The van der Waals surface area contributed by atoms with E-state index in [4.69, 9.17) is 0 Å². The topological polar surface area (TPSA) is 98.4 Å². The first-order chi connectivity index (χ1) is 18.2. The number of rotatable bonds is 6. The lowest BCUT2D eigenvalue weighted by molar-refractivity contribution is 1.28. The maximum Gasteiger partial charge on any atom is 0.138 e. The highest BCUT2D eigenvalue weighted by Gasteiger charge is 2.21. The van der Waals surface area contributed by atoms with Crippen molar-refractivity contribution >= 4 is 28.2 Å². The number of hydrogen-bond acceptors (Lipinski definition) is 5. The molecule has 0 aliphatic rings. The summed E-state index contributed by atoms with van der Waals surface area (Å²) in [5, 5.41) is 39.0. The fourth-order valence-electron chi connectivity index (χ4n) is 4.08. The number of anilines is 3. The molecule has 37 heavy (non-hydrogen) atoms. The average Bonchev–Trinajstić information content (AvgIpc) is 2.97. The molecular formula is C32H19N5. The van der Waals surface area contributed by atoms with Crippen LogP contribution in [-0.4, -0.2) is 0 Å². The Kier molecular flexibility index (Phi) is 7.54. The van der Waals surface area contributed by atoms with Crippen molar-refractivity contribution in [2.75, 3.05) is 4.90 Å². The third kappa shape index (κ3) is 5.13. The summed E-state index contributed by atoms with van der Waals surface area (Å²) >= 11 is 0. The lowest BCUT2D eigenvalue weighted by Gasteiger charge is -2.25. The van der Waals surface area contributed by atoms with Gasteiger partial charge in [0.1, 0.15) is 35.4 Å². The Balaban J connectivity index is 1.92. The van der Waals surface area contributed by atoms with Crippen LogP contribution in [0.5, 0.6) is 0 Å². The number of para-hydroxylation sites is 2. The molecule has 4 aromatic rings. The van der Waals surface area contributed by atoms with E-state index in [0.717, 1.165) is 17.1 Å². The number of hydrogen-bond donors (Lipinski definition) is 0. The molecule has 0 saturated heterocycles. The Hall–Kier alpha value is -5.88. The Morgan fingerprint density at radius 3 is 1.11 bits per heavy atom. The van der Waals surface area contributed by atoms with E-state index in [1.54, 1.807) is 36.4 Å². The summed E-state index contributed by atoms with van der Waals surface area (Å²) in [5.41, 5.74) is 4.04. The zero-order chi connectivity index (χ0) is 26.0. The van der Waals surface area contributed by atoms with Gasteiger partial charge in [-0.25, -0.2) is 0 Å². The number of nitrogens with zero attached hydrogens (tertiary/aromatic N) is 5. The fourth-order valence-corrected chi connectivity index (χ4v) is 4.08. The second kappa shape index (κ2) is 11.5. The van der Waals surface area contributed by atoms with Crippen molar-refractivity contribution in [1.29, 1.82) is 21.0 Å². The van der Waals surface area contributed by atoms with Crippen molar-refractivity contribution in [2.45, 2.75) is 0 Å². The first kappa shape index (κ1) is 24.3. The number of benzene rings is 4. The molecule has 0 heterocycles. The van der Waals surface area contributed by atoms with E-state index in [-0.39, 0.29) is 22.3 Å². The second-order valence-electron chi connectivity index (χ2n) is 7.87. The third-order valence-electron chi connectivity index (χ3n) is 5.70. The Morgan fingerprint density at radius 1 is 0.405 bits per heavy atom. The molecule has 0 aliphatic carbocycles. The van der Waals surface area contributed by atoms with Gasteiger partial charge in [-0.3, -0.25) is 0 Å². The van der Waals surface area contributed by atoms with E-state index < -0.39 is 0 Å². The standard InChI is InChI=1S/C32H19N5/c33-20-26(21-34)31(24-10-4-1-5-11-24)32(27(22-35)23-36)25-16-18-30(19-17-25)37(28-12-6-2-7-13-28)29-14-8-3-9-15-29/h1-19H. The fraction of sp³-hybridized carbons (Fsp3) is 0. The van der Waals surface area contributed by atoms with Gasteiger partial charge in [0.2, 0.25) is 0 Å². The molecule has 172 valence electrons. The number of nitriles is 4. The summed E-state index contributed by atoms with van der Waals surface area (Å²) in [4.78, 5) is 2.09. The van der Waals surface area contributed by atoms with Gasteiger partial charge in [-0.15, -0.1) is 0 Å². The van der Waals surface area contributed by atoms with Gasteiger partial charge in [-0.05, 0) is 47.5 Å². The van der Waals surface area contributed by atoms with Crippen LogP contribution >= 0.6 is 0 Å². The molecule has 0 fully saturated rings. The van der Waals surface area contributed by atoms with E-state index in [1.807, 2.05) is 103 Å². The molecule has 0 bridgehead atoms. The van der Waals surface area contributed by atoms with Gasteiger partial charge in [0.05, 0.1) is 0 Å². The quantitative estimate of drug-likeness (QED) is 0.214. The molecule has 0 atom stereocenters. The smallest absolute Gasteiger partial charge is 0.138 e. The first-order valence-corrected chi connectivity index (χ1v) is 11.4. The summed E-state index contributed by atoms with van der Waals surface area (Å²) in [6.45, 7) is 0. The minimum Gasteiger partial charge on any atom is -0.311 e. The van der Waals surface area contributed by atoms with Crippen LogP contribution in [0.15, 0.2) is 126 Å². The zero-order valence-corrected chi connectivity index (χ0v) is 19.7. The maximum atomic E-state index is 9.79. The largest absolute Gasteiger partial charge is 0.311 e. The van der Waals surface area contributed by atoms with E-state index >= 15 is 0 Å².